The van der Waals surface area contributed by atoms with Crippen LogP contribution in [0, 0.1) is 17.0 Å². The molecule has 0 radical (unpaired) electrons. The van der Waals surface area contributed by atoms with Gasteiger partial charge in [-0.2, -0.15) is 0 Å². The minimum absolute atomic E-state index is 0.0787. The van der Waals surface area contributed by atoms with Crippen LogP contribution in [0.1, 0.15) is 5.69 Å². The summed E-state index contributed by atoms with van der Waals surface area (Å²) in [6.45, 7) is 1.88. The molecule has 0 aliphatic heterocycles. The van der Waals surface area contributed by atoms with Crippen molar-refractivity contribution in [1.82, 2.24) is 9.97 Å². The molecule has 1 amide bonds. The van der Waals surface area contributed by atoms with Crippen molar-refractivity contribution in [2.24, 2.45) is 0 Å². The highest BCUT2D eigenvalue weighted by molar-refractivity contribution is 7.99. The van der Waals surface area contributed by atoms with Crippen LogP contribution >= 0.6 is 11.8 Å². The van der Waals surface area contributed by atoms with Gasteiger partial charge >= 0.3 is 5.69 Å². The molecule has 0 fully saturated rings. The molecule has 29 heavy (non-hydrogen) atoms. The summed E-state index contributed by atoms with van der Waals surface area (Å²) in [5, 5.41) is 14.1. The number of nitrogens with one attached hydrogen (secondary N) is 1. The topological polar surface area (TPSA) is 107 Å². The lowest BCUT2D eigenvalue weighted by Gasteiger charge is -2.08. The number of nitrogens with zero attached hydrogens (tertiary/aromatic N) is 3. The minimum atomic E-state index is -0.542. The summed E-state index contributed by atoms with van der Waals surface area (Å²) < 4.78 is 5.01. The van der Waals surface area contributed by atoms with E-state index in [1.54, 1.807) is 0 Å². The summed E-state index contributed by atoms with van der Waals surface area (Å²) in [4.78, 5) is 31.6. The standard InChI is InChI=1S/C20H18N4O4S/c1-13-10-16(14-6-4-3-5-7-14)23-20(21-13)29-12-19(25)22-15-8-9-17(24(26)27)18(11-15)28-2/h3-11H,12H2,1-2H3,(H,22,25). The minimum Gasteiger partial charge on any atom is -0.490 e. The first-order valence-corrected chi connectivity index (χ1v) is 9.61. The number of aryl methyl sites for hydroxylation is 1. The largest absolute Gasteiger partial charge is 0.490 e. The van der Waals surface area contributed by atoms with Gasteiger partial charge in [-0.3, -0.25) is 14.9 Å². The Balaban J connectivity index is 1.67. The Morgan fingerprint density at radius 2 is 1.93 bits per heavy atom. The van der Waals surface area contributed by atoms with E-state index in [1.807, 2.05) is 43.3 Å². The zero-order valence-corrected chi connectivity index (χ0v) is 16.6. The van der Waals surface area contributed by atoms with Crippen molar-refractivity contribution in [2.75, 3.05) is 18.2 Å². The number of hydrogen-bond acceptors (Lipinski definition) is 7. The van der Waals surface area contributed by atoms with Gasteiger partial charge in [-0.25, -0.2) is 9.97 Å². The van der Waals surface area contributed by atoms with Gasteiger partial charge in [0.25, 0.3) is 0 Å². The molecule has 0 unspecified atom stereocenters. The fourth-order valence-electron chi connectivity index (χ4n) is 2.60. The number of nitro benzene ring substituents is 1. The highest BCUT2D eigenvalue weighted by Crippen LogP contribution is 2.30. The second-order valence-electron chi connectivity index (χ2n) is 6.02. The van der Waals surface area contributed by atoms with Crippen molar-refractivity contribution in [3.8, 4) is 17.0 Å². The number of thioether (sulfide) groups is 1. The van der Waals surface area contributed by atoms with Crippen LogP contribution in [0.25, 0.3) is 11.3 Å². The van der Waals surface area contributed by atoms with Crippen LogP contribution < -0.4 is 10.1 Å². The predicted molar refractivity (Wildman–Crippen MR) is 111 cm³/mol. The first-order valence-electron chi connectivity index (χ1n) is 8.62. The van der Waals surface area contributed by atoms with Crippen LogP contribution in [-0.4, -0.2) is 33.7 Å². The quantitative estimate of drug-likeness (QED) is 0.270. The highest BCUT2D eigenvalue weighted by atomic mass is 32.2. The smallest absolute Gasteiger partial charge is 0.311 e. The molecule has 0 atom stereocenters. The van der Waals surface area contributed by atoms with Crippen LogP contribution in [0.5, 0.6) is 5.75 Å². The average Bonchev–Trinajstić information content (AvgIpc) is 2.72. The Morgan fingerprint density at radius 1 is 1.17 bits per heavy atom. The molecule has 2 aromatic carbocycles. The van der Waals surface area contributed by atoms with Gasteiger partial charge in [0, 0.05) is 29.1 Å². The van der Waals surface area contributed by atoms with Gasteiger partial charge in [0.1, 0.15) is 0 Å². The number of methoxy groups -OCH3 is 1. The second kappa shape index (κ2) is 9.16. The molecule has 0 aliphatic carbocycles. The van der Waals surface area contributed by atoms with E-state index in [2.05, 4.69) is 15.3 Å². The summed E-state index contributed by atoms with van der Waals surface area (Å²) in [5.41, 5.74) is 2.82. The van der Waals surface area contributed by atoms with Gasteiger partial charge in [0.05, 0.1) is 23.5 Å². The molecule has 0 aliphatic rings. The molecule has 1 N–H and O–H groups in total. The maximum absolute atomic E-state index is 12.3. The van der Waals surface area contributed by atoms with E-state index >= 15 is 0 Å². The molecule has 1 aromatic heterocycles. The van der Waals surface area contributed by atoms with Gasteiger partial charge in [0.2, 0.25) is 5.91 Å². The van der Waals surface area contributed by atoms with E-state index in [9.17, 15) is 14.9 Å². The Bertz CT molecular complexity index is 1040. The van der Waals surface area contributed by atoms with E-state index in [0.717, 1.165) is 17.0 Å². The average molecular weight is 410 g/mol. The number of hydrogen-bond donors (Lipinski definition) is 1. The zero-order valence-electron chi connectivity index (χ0n) is 15.8. The number of benzene rings is 2. The molecule has 8 nitrogen and oxygen atoms in total. The molecular weight excluding hydrogens is 392 g/mol. The third-order valence-electron chi connectivity index (χ3n) is 3.90. The van der Waals surface area contributed by atoms with E-state index in [0.29, 0.717) is 10.8 Å². The number of rotatable bonds is 7. The maximum atomic E-state index is 12.3. The number of nitro groups is 1. The van der Waals surface area contributed by atoms with Crippen LogP contribution in [0.3, 0.4) is 0 Å². The number of carbonyl (C=O) groups excluding carboxylic acids is 1. The van der Waals surface area contributed by atoms with E-state index in [1.165, 1.54) is 37.1 Å². The number of ether oxygens (including phenoxy) is 1. The number of carbonyl (C=O) groups is 1. The third-order valence-corrected chi connectivity index (χ3v) is 4.74. The van der Waals surface area contributed by atoms with Crippen LogP contribution in [0.2, 0.25) is 0 Å². The molecule has 1 heterocycles. The molecule has 148 valence electrons. The van der Waals surface area contributed by atoms with E-state index in [4.69, 9.17) is 4.74 Å². The second-order valence-corrected chi connectivity index (χ2v) is 6.97. The van der Waals surface area contributed by atoms with Gasteiger partial charge < -0.3 is 10.1 Å². The molecule has 0 spiro atoms. The highest BCUT2D eigenvalue weighted by Gasteiger charge is 2.16. The van der Waals surface area contributed by atoms with E-state index in [-0.39, 0.29) is 23.1 Å². The van der Waals surface area contributed by atoms with Crippen molar-refractivity contribution in [1.29, 1.82) is 0 Å². The summed E-state index contributed by atoms with van der Waals surface area (Å²) in [7, 11) is 1.34. The van der Waals surface area contributed by atoms with Crippen LogP contribution in [0.15, 0.2) is 59.8 Å². The predicted octanol–water partition coefficient (Wildman–Crippen LogP) is 4.10. The number of anilines is 1. The molecule has 9 heteroatoms. The van der Waals surface area contributed by atoms with E-state index < -0.39 is 4.92 Å². The zero-order chi connectivity index (χ0) is 20.8. The Labute approximate surface area is 171 Å². The summed E-state index contributed by atoms with van der Waals surface area (Å²) in [6.07, 6.45) is 0. The Morgan fingerprint density at radius 3 is 2.62 bits per heavy atom. The molecule has 0 saturated carbocycles. The van der Waals surface area contributed by atoms with Crippen molar-refractivity contribution in [2.45, 2.75) is 12.1 Å². The lowest BCUT2D eigenvalue weighted by molar-refractivity contribution is -0.385. The van der Waals surface area contributed by atoms with Gasteiger partial charge in [-0.05, 0) is 19.1 Å². The first-order chi connectivity index (χ1) is 14.0. The first kappa shape index (κ1) is 20.3. The number of aromatic nitrogens is 2. The van der Waals surface area contributed by atoms with Crippen molar-refractivity contribution in [3.05, 3.63) is 70.4 Å². The Hall–Kier alpha value is -3.46. The molecule has 0 saturated heterocycles. The van der Waals surface area contributed by atoms with Crippen LogP contribution in [0.4, 0.5) is 11.4 Å². The van der Waals surface area contributed by atoms with Gasteiger partial charge in [-0.15, -0.1) is 0 Å². The molecular formula is C20H18N4O4S. The summed E-state index contributed by atoms with van der Waals surface area (Å²) in [6, 6.07) is 15.8. The normalized spacial score (nSPS) is 10.4. The van der Waals surface area contributed by atoms with Crippen molar-refractivity contribution >= 4 is 29.0 Å². The van der Waals surface area contributed by atoms with Gasteiger partial charge in [-0.1, -0.05) is 42.1 Å². The molecule has 3 aromatic rings. The summed E-state index contributed by atoms with van der Waals surface area (Å²) in [5.74, 6) is -0.107. The third kappa shape index (κ3) is 5.29. The SMILES string of the molecule is COc1cc(NC(=O)CSc2nc(C)cc(-c3ccccc3)n2)ccc1[N+](=O)[O-]. The van der Waals surface area contributed by atoms with Crippen molar-refractivity contribution < 1.29 is 14.5 Å². The fraction of sp³-hybridized carbons (Fsp3) is 0.150. The number of amides is 1. The maximum Gasteiger partial charge on any atom is 0.311 e. The lowest BCUT2D eigenvalue weighted by Crippen LogP contribution is -2.14. The Kier molecular flexibility index (Phi) is 6.40. The van der Waals surface area contributed by atoms with Crippen molar-refractivity contribution in [3.63, 3.8) is 0 Å². The molecule has 3 rings (SSSR count). The fourth-order valence-corrected chi connectivity index (χ4v) is 3.30. The summed E-state index contributed by atoms with van der Waals surface area (Å²) >= 11 is 1.22. The van der Waals surface area contributed by atoms with Gasteiger partial charge in [0.15, 0.2) is 10.9 Å². The monoisotopic (exact) mass is 410 g/mol. The lowest BCUT2D eigenvalue weighted by atomic mass is 10.1. The molecule has 0 bridgehead atoms. The van der Waals surface area contributed by atoms with Crippen LogP contribution in [-0.2, 0) is 4.79 Å².